The molecule has 0 radical (unpaired) electrons. The summed E-state index contributed by atoms with van der Waals surface area (Å²) in [5.41, 5.74) is 3.19. The van der Waals surface area contributed by atoms with Crippen LogP contribution in [0.5, 0.6) is 0 Å². The van der Waals surface area contributed by atoms with Gasteiger partial charge in [-0.15, -0.1) is 10.2 Å². The largest absolute Gasteiger partial charge is 0.411 e. The molecule has 0 fully saturated rings. The van der Waals surface area contributed by atoms with E-state index in [9.17, 15) is 0 Å². The fraction of sp³-hybridized carbons (Fsp3) is 0.353. The maximum atomic E-state index is 5.71. The van der Waals surface area contributed by atoms with E-state index in [1.807, 2.05) is 25.1 Å². The lowest BCUT2D eigenvalue weighted by Gasteiger charge is -2.18. The summed E-state index contributed by atoms with van der Waals surface area (Å²) in [6, 6.07) is 10.1. The number of benzene rings is 1. The average molecular weight is 329 g/mol. The lowest BCUT2D eigenvalue weighted by molar-refractivity contribution is 0.392. The first-order chi connectivity index (χ1) is 10.9. The van der Waals surface area contributed by atoms with E-state index in [1.165, 1.54) is 17.3 Å². The quantitative estimate of drug-likeness (QED) is 0.651. The summed E-state index contributed by atoms with van der Waals surface area (Å²) in [5, 5.41) is 12.7. The molecule has 0 aliphatic heterocycles. The number of aryl methyl sites for hydroxylation is 1. The molecule has 0 spiro atoms. The Hall–Kier alpha value is -2.08. The molecule has 0 unspecified atom stereocenters. The van der Waals surface area contributed by atoms with E-state index in [-0.39, 0.29) is 5.41 Å². The van der Waals surface area contributed by atoms with Crippen molar-refractivity contribution in [2.75, 3.05) is 0 Å². The number of thioether (sulfide) groups is 1. The topological polar surface area (TPSA) is 65.0 Å². The van der Waals surface area contributed by atoms with Gasteiger partial charge in [0.1, 0.15) is 5.76 Å². The average Bonchev–Trinajstić information content (AvgIpc) is 3.13. The molecule has 3 rings (SSSR count). The molecule has 0 atom stereocenters. The van der Waals surface area contributed by atoms with Crippen LogP contribution in [0.3, 0.4) is 0 Å². The van der Waals surface area contributed by atoms with Crippen LogP contribution >= 0.6 is 11.8 Å². The summed E-state index contributed by atoms with van der Waals surface area (Å²) in [5.74, 6) is 1.97. The Balaban J connectivity index is 1.69. The van der Waals surface area contributed by atoms with Crippen molar-refractivity contribution in [3.05, 3.63) is 47.3 Å². The van der Waals surface area contributed by atoms with E-state index in [0.29, 0.717) is 16.9 Å². The van der Waals surface area contributed by atoms with Crippen LogP contribution in [0, 0.1) is 6.92 Å². The Morgan fingerprint density at radius 2 is 1.83 bits per heavy atom. The Morgan fingerprint density at radius 1 is 1.09 bits per heavy atom. The molecule has 6 heteroatoms. The molecule has 0 bridgehead atoms. The van der Waals surface area contributed by atoms with Crippen LogP contribution in [0.1, 0.15) is 37.8 Å². The summed E-state index contributed by atoms with van der Waals surface area (Å²) in [4.78, 5) is 0. The van der Waals surface area contributed by atoms with Crippen LogP contribution in [-0.4, -0.2) is 15.4 Å². The molecule has 23 heavy (non-hydrogen) atoms. The van der Waals surface area contributed by atoms with Gasteiger partial charge in [0, 0.05) is 17.4 Å². The van der Waals surface area contributed by atoms with E-state index in [1.54, 1.807) is 0 Å². The monoisotopic (exact) mass is 329 g/mol. The zero-order chi connectivity index (χ0) is 16.4. The summed E-state index contributed by atoms with van der Waals surface area (Å²) in [6.07, 6.45) is 0. The molecule has 3 aromatic rings. The van der Waals surface area contributed by atoms with Crippen LogP contribution in [0.4, 0.5) is 0 Å². The second-order valence-corrected chi connectivity index (χ2v) is 7.34. The lowest BCUT2D eigenvalue weighted by Crippen LogP contribution is -2.10. The number of hydrogen-bond acceptors (Lipinski definition) is 6. The van der Waals surface area contributed by atoms with E-state index >= 15 is 0 Å². The summed E-state index contributed by atoms with van der Waals surface area (Å²) in [6.45, 7) is 8.44. The van der Waals surface area contributed by atoms with Crippen molar-refractivity contribution >= 4 is 11.8 Å². The van der Waals surface area contributed by atoms with Gasteiger partial charge in [-0.05, 0) is 30.0 Å². The molecule has 0 aliphatic rings. The molecule has 0 amide bonds. The Bertz CT molecular complexity index is 785. The van der Waals surface area contributed by atoms with Crippen LogP contribution in [0.2, 0.25) is 0 Å². The third-order valence-electron chi connectivity index (χ3n) is 3.42. The molecular weight excluding hydrogens is 310 g/mol. The highest BCUT2D eigenvalue weighted by molar-refractivity contribution is 7.98. The highest BCUT2D eigenvalue weighted by Crippen LogP contribution is 2.28. The van der Waals surface area contributed by atoms with Crippen LogP contribution < -0.4 is 0 Å². The summed E-state index contributed by atoms with van der Waals surface area (Å²) >= 11 is 1.45. The minimum absolute atomic E-state index is 0.129. The summed E-state index contributed by atoms with van der Waals surface area (Å²) in [7, 11) is 0. The van der Waals surface area contributed by atoms with Crippen molar-refractivity contribution in [1.82, 2.24) is 15.4 Å². The molecule has 120 valence electrons. The molecule has 5 nitrogen and oxygen atoms in total. The van der Waals surface area contributed by atoms with E-state index in [0.717, 1.165) is 17.0 Å². The molecule has 0 aliphatic carbocycles. The van der Waals surface area contributed by atoms with Crippen LogP contribution in [-0.2, 0) is 11.2 Å². The number of hydrogen-bond donors (Lipinski definition) is 0. The van der Waals surface area contributed by atoms with Gasteiger partial charge >= 0.3 is 0 Å². The summed E-state index contributed by atoms with van der Waals surface area (Å²) < 4.78 is 10.7. The van der Waals surface area contributed by atoms with Crippen LogP contribution in [0.25, 0.3) is 11.5 Å². The van der Waals surface area contributed by atoms with E-state index in [4.69, 9.17) is 8.94 Å². The van der Waals surface area contributed by atoms with Gasteiger partial charge in [0.2, 0.25) is 5.89 Å². The Labute approximate surface area is 139 Å². The van der Waals surface area contributed by atoms with Crippen molar-refractivity contribution in [3.63, 3.8) is 0 Å². The van der Waals surface area contributed by atoms with Gasteiger partial charge < -0.3 is 8.94 Å². The third kappa shape index (κ3) is 3.82. The Morgan fingerprint density at radius 3 is 2.43 bits per heavy atom. The number of aromatic nitrogens is 3. The zero-order valence-corrected chi connectivity index (χ0v) is 14.5. The molecule has 2 heterocycles. The minimum atomic E-state index is 0.129. The van der Waals surface area contributed by atoms with Crippen LogP contribution in [0.15, 0.2) is 44.5 Å². The number of nitrogens with zero attached hydrogens (tertiary/aromatic N) is 3. The highest BCUT2D eigenvalue weighted by atomic mass is 32.2. The fourth-order valence-electron chi connectivity index (χ4n) is 2.12. The van der Waals surface area contributed by atoms with Gasteiger partial charge in [0.15, 0.2) is 0 Å². The predicted octanol–water partition coefficient (Wildman–Crippen LogP) is 4.62. The lowest BCUT2D eigenvalue weighted by atomic mass is 9.87. The Kier molecular flexibility index (Phi) is 4.26. The van der Waals surface area contributed by atoms with Crippen molar-refractivity contribution in [2.24, 2.45) is 0 Å². The SMILES string of the molecule is Cc1cc(CSc2nnc(-c3ccc(C(C)(C)C)cc3)o2)no1. The molecule has 0 saturated carbocycles. The molecular formula is C17H19N3O2S. The maximum Gasteiger partial charge on any atom is 0.277 e. The van der Waals surface area contributed by atoms with E-state index in [2.05, 4.69) is 48.3 Å². The first-order valence-corrected chi connectivity index (χ1v) is 8.40. The first kappa shape index (κ1) is 15.8. The van der Waals surface area contributed by atoms with Gasteiger partial charge in [-0.1, -0.05) is 49.8 Å². The number of rotatable bonds is 4. The fourth-order valence-corrected chi connectivity index (χ4v) is 2.76. The maximum absolute atomic E-state index is 5.71. The second kappa shape index (κ2) is 6.20. The molecule has 2 aromatic heterocycles. The van der Waals surface area contributed by atoms with Gasteiger partial charge in [0.25, 0.3) is 5.22 Å². The second-order valence-electron chi connectivity index (χ2n) is 6.42. The van der Waals surface area contributed by atoms with Crippen molar-refractivity contribution in [2.45, 2.75) is 44.1 Å². The van der Waals surface area contributed by atoms with Gasteiger partial charge in [-0.25, -0.2) is 0 Å². The molecule has 1 aromatic carbocycles. The smallest absolute Gasteiger partial charge is 0.277 e. The highest BCUT2D eigenvalue weighted by Gasteiger charge is 2.15. The van der Waals surface area contributed by atoms with Gasteiger partial charge in [-0.3, -0.25) is 0 Å². The van der Waals surface area contributed by atoms with Crippen molar-refractivity contribution in [1.29, 1.82) is 0 Å². The van der Waals surface area contributed by atoms with Gasteiger partial charge in [0.05, 0.1) is 5.69 Å². The standard InChI is InChI=1S/C17H19N3O2S/c1-11-9-14(20-22-11)10-23-16-19-18-15(21-16)12-5-7-13(8-6-12)17(2,3)4/h5-9H,10H2,1-4H3. The predicted molar refractivity (Wildman–Crippen MR) is 89.2 cm³/mol. The normalized spacial score (nSPS) is 11.8. The van der Waals surface area contributed by atoms with Crippen molar-refractivity contribution < 1.29 is 8.94 Å². The molecule has 0 N–H and O–H groups in total. The van der Waals surface area contributed by atoms with Gasteiger partial charge in [-0.2, -0.15) is 0 Å². The van der Waals surface area contributed by atoms with E-state index < -0.39 is 0 Å². The first-order valence-electron chi connectivity index (χ1n) is 7.41. The van der Waals surface area contributed by atoms with Crippen molar-refractivity contribution in [3.8, 4) is 11.5 Å². The third-order valence-corrected chi connectivity index (χ3v) is 4.28. The minimum Gasteiger partial charge on any atom is -0.411 e. The zero-order valence-electron chi connectivity index (χ0n) is 13.7. The molecule has 0 saturated heterocycles.